The molecule has 4 N–H and O–H groups in total. The van der Waals surface area contributed by atoms with Crippen LogP contribution in [0.1, 0.15) is 24.1 Å². The Morgan fingerprint density at radius 3 is 2.67 bits per heavy atom. The molecule has 1 aliphatic heterocycles. The maximum Gasteiger partial charge on any atom is 0.338 e. The number of benzene rings is 2. The number of hydrogen-bond donors (Lipinski definition) is 3. The largest absolute Gasteiger partial charge is 0.463 e. The fraction of sp³-hybridized carbons (Fsp3) is 0.158. The lowest BCUT2D eigenvalue weighted by atomic mass is 9.92. The van der Waals surface area contributed by atoms with Gasteiger partial charge in [-0.25, -0.2) is 4.79 Å². The third-order valence-electron chi connectivity index (χ3n) is 4.04. The summed E-state index contributed by atoms with van der Waals surface area (Å²) < 4.78 is 6.10. The van der Waals surface area contributed by atoms with E-state index in [-0.39, 0.29) is 6.61 Å². The van der Waals surface area contributed by atoms with Crippen LogP contribution < -0.4 is 21.4 Å². The number of rotatable bonds is 5. The van der Waals surface area contributed by atoms with E-state index in [1.165, 1.54) is 0 Å². The first kappa shape index (κ1) is 19.3. The maximum atomic E-state index is 12.9. The summed E-state index contributed by atoms with van der Waals surface area (Å²) in [6, 6.07) is 14.2. The van der Waals surface area contributed by atoms with Gasteiger partial charge in [-0.2, -0.15) is 5.90 Å². The summed E-state index contributed by atoms with van der Waals surface area (Å²) >= 11 is 8.92. The van der Waals surface area contributed by atoms with Crippen molar-refractivity contribution in [3.8, 4) is 5.75 Å². The summed E-state index contributed by atoms with van der Waals surface area (Å²) in [6.07, 6.45) is 0. The van der Waals surface area contributed by atoms with Crippen molar-refractivity contribution < 1.29 is 14.4 Å². The molecule has 1 unspecified atom stereocenters. The van der Waals surface area contributed by atoms with Crippen LogP contribution in [0.3, 0.4) is 0 Å². The first-order valence-corrected chi connectivity index (χ1v) is 9.45. The molecule has 0 saturated carbocycles. The minimum absolute atomic E-state index is 0.259. The Balaban J connectivity index is 2.22. The molecule has 0 saturated heterocycles. The average Bonchev–Trinajstić information content (AvgIpc) is 2.68. The van der Waals surface area contributed by atoms with Gasteiger partial charge in [0.1, 0.15) is 5.75 Å². The van der Waals surface area contributed by atoms with Crippen molar-refractivity contribution in [2.45, 2.75) is 13.0 Å². The Morgan fingerprint density at radius 2 is 2.00 bits per heavy atom. The maximum absolute atomic E-state index is 12.9. The van der Waals surface area contributed by atoms with Gasteiger partial charge < -0.3 is 20.2 Å². The number of esters is 1. The van der Waals surface area contributed by atoms with E-state index in [4.69, 9.17) is 27.7 Å². The molecule has 8 heteroatoms. The van der Waals surface area contributed by atoms with Crippen molar-refractivity contribution in [1.82, 2.24) is 10.6 Å². The van der Waals surface area contributed by atoms with Crippen LogP contribution in [0.15, 0.2) is 58.6 Å². The van der Waals surface area contributed by atoms with Crippen molar-refractivity contribution in [2.75, 3.05) is 6.61 Å². The van der Waals surface area contributed by atoms with E-state index < -0.39 is 12.0 Å². The van der Waals surface area contributed by atoms with Gasteiger partial charge in [0.05, 0.1) is 23.9 Å². The molecule has 6 nitrogen and oxygen atoms in total. The monoisotopic (exact) mass is 447 g/mol. The minimum atomic E-state index is -0.544. The van der Waals surface area contributed by atoms with Gasteiger partial charge in [-0.1, -0.05) is 46.3 Å². The van der Waals surface area contributed by atoms with Crippen molar-refractivity contribution in [3.05, 3.63) is 69.7 Å². The van der Waals surface area contributed by atoms with E-state index in [0.717, 1.165) is 15.6 Å². The van der Waals surface area contributed by atoms with Gasteiger partial charge in [0.15, 0.2) is 5.11 Å². The lowest BCUT2D eigenvalue weighted by molar-refractivity contribution is -0.138. The van der Waals surface area contributed by atoms with E-state index in [1.807, 2.05) is 30.3 Å². The molecule has 0 amide bonds. The Morgan fingerprint density at radius 1 is 1.26 bits per heavy atom. The molecule has 0 radical (unpaired) electrons. The predicted molar refractivity (Wildman–Crippen MR) is 111 cm³/mol. The van der Waals surface area contributed by atoms with E-state index >= 15 is 0 Å². The zero-order valence-electron chi connectivity index (χ0n) is 14.5. The van der Waals surface area contributed by atoms with E-state index in [0.29, 0.717) is 22.1 Å². The second-order valence-corrected chi connectivity index (χ2v) is 6.97. The number of carbonyl (C=O) groups is 1. The Kier molecular flexibility index (Phi) is 6.10. The number of nitrogens with one attached hydrogen (secondary N) is 2. The minimum Gasteiger partial charge on any atom is -0.463 e. The van der Waals surface area contributed by atoms with Crippen molar-refractivity contribution in [2.24, 2.45) is 5.90 Å². The van der Waals surface area contributed by atoms with E-state index in [1.54, 1.807) is 25.1 Å². The quantitative estimate of drug-likeness (QED) is 0.368. The number of carbonyl (C=O) groups excluding carboxylic acids is 1. The molecular formula is C19H18BrN3O3S. The molecule has 1 heterocycles. The summed E-state index contributed by atoms with van der Waals surface area (Å²) in [7, 11) is 0. The number of halogens is 1. The summed E-state index contributed by atoms with van der Waals surface area (Å²) in [5.41, 5.74) is 2.61. The zero-order chi connectivity index (χ0) is 19.4. The van der Waals surface area contributed by atoms with Gasteiger partial charge in [0.25, 0.3) is 0 Å². The standard InChI is InChI=1S/C19H18BrN3O3S/c1-2-25-18(24)15-16(11-6-4-3-5-7-11)22-19(27)23-17(15)13-10-12(26-21)8-9-14(13)20/h3-10,17H,2,21H2,1H3,(H2,22,23,27). The molecule has 2 aromatic carbocycles. The molecular weight excluding hydrogens is 430 g/mol. The number of thiocarbonyl (C=S) groups is 1. The third kappa shape index (κ3) is 4.13. The molecule has 0 fully saturated rings. The predicted octanol–water partition coefficient (Wildman–Crippen LogP) is 3.19. The van der Waals surface area contributed by atoms with Gasteiger partial charge in [-0.3, -0.25) is 0 Å². The van der Waals surface area contributed by atoms with E-state index in [9.17, 15) is 4.79 Å². The normalized spacial score (nSPS) is 16.4. The number of nitrogens with two attached hydrogens (primary N) is 1. The van der Waals surface area contributed by atoms with Crippen LogP contribution in [0.2, 0.25) is 0 Å². The molecule has 0 aromatic heterocycles. The first-order valence-electron chi connectivity index (χ1n) is 8.25. The van der Waals surface area contributed by atoms with Crippen LogP contribution in [0, 0.1) is 0 Å². The Hall–Kier alpha value is -2.42. The molecule has 1 aliphatic rings. The van der Waals surface area contributed by atoms with Crippen LogP contribution in [0.25, 0.3) is 5.70 Å². The van der Waals surface area contributed by atoms with Crippen LogP contribution in [-0.4, -0.2) is 17.7 Å². The van der Waals surface area contributed by atoms with Gasteiger partial charge >= 0.3 is 5.97 Å². The molecule has 0 spiro atoms. The number of hydrogen-bond acceptors (Lipinski definition) is 5. The Labute approximate surface area is 170 Å². The van der Waals surface area contributed by atoms with Gasteiger partial charge in [0, 0.05) is 4.47 Å². The molecule has 1 atom stereocenters. The molecule has 0 aliphatic carbocycles. The lowest BCUT2D eigenvalue weighted by Crippen LogP contribution is -2.45. The molecule has 140 valence electrons. The highest BCUT2D eigenvalue weighted by atomic mass is 79.9. The van der Waals surface area contributed by atoms with Crippen molar-refractivity contribution in [1.29, 1.82) is 0 Å². The van der Waals surface area contributed by atoms with E-state index in [2.05, 4.69) is 26.6 Å². The first-order chi connectivity index (χ1) is 13.0. The average molecular weight is 448 g/mol. The van der Waals surface area contributed by atoms with Gasteiger partial charge in [-0.15, -0.1) is 0 Å². The zero-order valence-corrected chi connectivity index (χ0v) is 16.9. The SMILES string of the molecule is CCOC(=O)C1=C(c2ccccc2)NC(=S)NC1c1cc(ON)ccc1Br. The van der Waals surface area contributed by atoms with Crippen LogP contribution in [0.5, 0.6) is 5.75 Å². The second-order valence-electron chi connectivity index (χ2n) is 5.71. The summed E-state index contributed by atoms with van der Waals surface area (Å²) in [5, 5.41) is 6.65. The van der Waals surface area contributed by atoms with Crippen molar-refractivity contribution in [3.63, 3.8) is 0 Å². The van der Waals surface area contributed by atoms with Gasteiger partial charge in [0.2, 0.25) is 0 Å². The van der Waals surface area contributed by atoms with Crippen molar-refractivity contribution >= 4 is 44.9 Å². The topological polar surface area (TPSA) is 85.6 Å². The summed E-state index contributed by atoms with van der Waals surface area (Å²) in [4.78, 5) is 17.7. The third-order valence-corrected chi connectivity index (χ3v) is 4.99. The molecule has 27 heavy (non-hydrogen) atoms. The van der Waals surface area contributed by atoms with Gasteiger partial charge in [-0.05, 0) is 48.5 Å². The van der Waals surface area contributed by atoms with Crippen LogP contribution in [0.4, 0.5) is 0 Å². The fourth-order valence-corrected chi connectivity index (χ4v) is 3.57. The molecule has 2 aromatic rings. The summed E-state index contributed by atoms with van der Waals surface area (Å²) in [5.74, 6) is 5.34. The molecule has 3 rings (SSSR count). The highest BCUT2D eigenvalue weighted by Gasteiger charge is 2.34. The number of ether oxygens (including phenoxy) is 1. The second kappa shape index (κ2) is 8.51. The van der Waals surface area contributed by atoms with Crippen LogP contribution in [-0.2, 0) is 9.53 Å². The Bertz CT molecular complexity index is 902. The highest BCUT2D eigenvalue weighted by molar-refractivity contribution is 9.10. The summed E-state index contributed by atoms with van der Waals surface area (Å²) in [6.45, 7) is 2.03. The fourth-order valence-electron chi connectivity index (χ4n) is 2.88. The highest BCUT2D eigenvalue weighted by Crippen LogP contribution is 2.36. The molecule has 0 bridgehead atoms. The smallest absolute Gasteiger partial charge is 0.338 e. The lowest BCUT2D eigenvalue weighted by Gasteiger charge is -2.31. The van der Waals surface area contributed by atoms with Crippen LogP contribution >= 0.6 is 28.1 Å².